The molecule has 0 aliphatic heterocycles. The van der Waals surface area contributed by atoms with Crippen LogP contribution in [-0.2, 0) is 6.54 Å². The van der Waals surface area contributed by atoms with Gasteiger partial charge in [-0.3, -0.25) is 4.68 Å². The van der Waals surface area contributed by atoms with E-state index in [2.05, 4.69) is 29.0 Å². The lowest BCUT2D eigenvalue weighted by atomic mass is 10.2. The van der Waals surface area contributed by atoms with Gasteiger partial charge in [-0.25, -0.2) is 4.68 Å². The summed E-state index contributed by atoms with van der Waals surface area (Å²) in [5, 5.41) is 8.45. The Labute approximate surface area is 99.4 Å². The number of hydrogen-bond donors (Lipinski definition) is 2. The minimum absolute atomic E-state index is 0.191. The Bertz CT molecular complexity index is 523. The average molecular weight is 235 g/mol. The highest BCUT2D eigenvalue weighted by Gasteiger charge is 2.10. The van der Waals surface area contributed by atoms with Crippen LogP contribution in [0.25, 0.3) is 0 Å². The zero-order valence-corrected chi connectivity index (χ0v) is 10.3. The summed E-state index contributed by atoms with van der Waals surface area (Å²) in [5.41, 5.74) is 13.2. The highest BCUT2D eigenvalue weighted by molar-refractivity contribution is 5.28. The van der Waals surface area contributed by atoms with Crippen LogP contribution in [0, 0.1) is 6.92 Å². The van der Waals surface area contributed by atoms with Crippen LogP contribution in [0.4, 0.5) is 11.9 Å². The zero-order valence-electron chi connectivity index (χ0n) is 10.3. The van der Waals surface area contributed by atoms with Crippen molar-refractivity contribution in [2.24, 2.45) is 0 Å². The van der Waals surface area contributed by atoms with Crippen molar-refractivity contribution in [2.75, 3.05) is 11.5 Å². The molecule has 0 saturated heterocycles. The van der Waals surface area contributed by atoms with Gasteiger partial charge in [0.15, 0.2) is 0 Å². The van der Waals surface area contributed by atoms with Crippen molar-refractivity contribution in [2.45, 2.75) is 33.4 Å². The minimum atomic E-state index is 0.191. The summed E-state index contributed by atoms with van der Waals surface area (Å²) in [5.74, 6) is 0.510. The van der Waals surface area contributed by atoms with Crippen molar-refractivity contribution < 1.29 is 0 Å². The van der Waals surface area contributed by atoms with Crippen molar-refractivity contribution in [3.63, 3.8) is 0 Å². The lowest BCUT2D eigenvalue weighted by Gasteiger charge is -2.03. The maximum absolute atomic E-state index is 5.69. The number of nitrogen functional groups attached to an aromatic ring is 2. The van der Waals surface area contributed by atoms with Gasteiger partial charge in [-0.2, -0.15) is 10.1 Å². The molecular weight excluding hydrogens is 218 g/mol. The molecule has 7 heteroatoms. The van der Waals surface area contributed by atoms with Gasteiger partial charge in [0, 0.05) is 17.8 Å². The molecule has 0 bridgehead atoms. The number of nitrogens with zero attached hydrogens (tertiary/aromatic N) is 5. The van der Waals surface area contributed by atoms with Crippen molar-refractivity contribution in [3.8, 4) is 0 Å². The lowest BCUT2D eigenvalue weighted by molar-refractivity contribution is 0.528. The second-order valence-corrected chi connectivity index (χ2v) is 4.30. The molecule has 0 atom stereocenters. The van der Waals surface area contributed by atoms with Crippen LogP contribution >= 0.6 is 0 Å². The Morgan fingerprint density at radius 1 is 1.29 bits per heavy atom. The number of nitrogens with two attached hydrogens (primary N) is 2. The third kappa shape index (κ3) is 2.22. The van der Waals surface area contributed by atoms with E-state index in [9.17, 15) is 0 Å². The average Bonchev–Trinajstić information content (AvgIpc) is 2.73. The molecule has 0 aliphatic carbocycles. The molecule has 2 aromatic heterocycles. The fraction of sp³-hybridized carbons (Fsp3) is 0.500. The molecule has 2 heterocycles. The second kappa shape index (κ2) is 4.08. The molecule has 0 aliphatic rings. The Morgan fingerprint density at radius 2 is 2.00 bits per heavy atom. The summed E-state index contributed by atoms with van der Waals surface area (Å²) in [6.45, 7) is 6.66. The highest BCUT2D eigenvalue weighted by atomic mass is 15.4. The Morgan fingerprint density at radius 3 is 2.47 bits per heavy atom. The normalized spacial score (nSPS) is 11.3. The van der Waals surface area contributed by atoms with Crippen LogP contribution in [0.1, 0.15) is 31.1 Å². The molecule has 0 unspecified atom stereocenters. The van der Waals surface area contributed by atoms with Crippen molar-refractivity contribution in [3.05, 3.63) is 17.5 Å². The van der Waals surface area contributed by atoms with Gasteiger partial charge in [0.25, 0.3) is 0 Å². The molecule has 0 saturated carbocycles. The summed E-state index contributed by atoms with van der Waals surface area (Å²) in [4.78, 5) is 3.86. The topological polar surface area (TPSA) is 101 Å². The number of aryl methyl sites for hydroxylation is 1. The van der Waals surface area contributed by atoms with Crippen LogP contribution in [-0.4, -0.2) is 24.5 Å². The Kier molecular flexibility index (Phi) is 2.74. The summed E-state index contributed by atoms with van der Waals surface area (Å²) < 4.78 is 3.49. The summed E-state index contributed by atoms with van der Waals surface area (Å²) in [6.07, 6.45) is 2.00. The second-order valence-electron chi connectivity index (χ2n) is 4.30. The van der Waals surface area contributed by atoms with Crippen LogP contribution < -0.4 is 11.5 Å². The summed E-state index contributed by atoms with van der Waals surface area (Å²) in [7, 11) is 0. The van der Waals surface area contributed by atoms with Gasteiger partial charge in [0.2, 0.25) is 11.9 Å². The van der Waals surface area contributed by atoms with Gasteiger partial charge in [-0.1, -0.05) is 0 Å². The molecular formula is C10H17N7. The zero-order chi connectivity index (χ0) is 12.6. The van der Waals surface area contributed by atoms with E-state index in [1.807, 2.05) is 17.8 Å². The van der Waals surface area contributed by atoms with Gasteiger partial charge in [-0.15, -0.1) is 5.10 Å². The number of hydrogen-bond acceptors (Lipinski definition) is 5. The first-order valence-corrected chi connectivity index (χ1v) is 5.47. The lowest BCUT2D eigenvalue weighted by Crippen LogP contribution is -2.06. The van der Waals surface area contributed by atoms with Crippen LogP contribution in [0.15, 0.2) is 6.20 Å². The van der Waals surface area contributed by atoms with E-state index < -0.39 is 0 Å². The Hall–Kier alpha value is -2.05. The molecule has 2 aromatic rings. The Balaban J connectivity index is 2.27. The van der Waals surface area contributed by atoms with Gasteiger partial charge in [-0.05, 0) is 20.8 Å². The van der Waals surface area contributed by atoms with E-state index in [1.165, 1.54) is 0 Å². The van der Waals surface area contributed by atoms with Crippen molar-refractivity contribution in [1.29, 1.82) is 0 Å². The molecule has 0 aromatic carbocycles. The minimum Gasteiger partial charge on any atom is -0.368 e. The van der Waals surface area contributed by atoms with Crippen LogP contribution in [0.3, 0.4) is 0 Å². The first-order chi connectivity index (χ1) is 7.97. The van der Waals surface area contributed by atoms with Crippen molar-refractivity contribution in [1.82, 2.24) is 24.5 Å². The standard InChI is InChI=1S/C10H17N7/c1-6(2)16-4-8(7(3)14-16)5-17-10(12)13-9(11)15-17/h4,6H,5H2,1-3H3,(H4,11,12,13,15). The molecule has 0 radical (unpaired) electrons. The van der Waals surface area contributed by atoms with Crippen LogP contribution in [0.5, 0.6) is 0 Å². The largest absolute Gasteiger partial charge is 0.368 e. The molecule has 0 amide bonds. The first-order valence-electron chi connectivity index (χ1n) is 5.47. The molecule has 7 nitrogen and oxygen atoms in total. The maximum atomic E-state index is 5.69. The maximum Gasteiger partial charge on any atom is 0.241 e. The molecule has 0 fully saturated rings. The first kappa shape index (κ1) is 11.4. The van der Waals surface area contributed by atoms with E-state index >= 15 is 0 Å². The summed E-state index contributed by atoms with van der Waals surface area (Å²) in [6, 6.07) is 0.334. The molecule has 17 heavy (non-hydrogen) atoms. The monoisotopic (exact) mass is 235 g/mol. The SMILES string of the molecule is Cc1nn(C(C)C)cc1Cn1nc(N)nc1N. The molecule has 0 spiro atoms. The van der Waals surface area contributed by atoms with E-state index in [-0.39, 0.29) is 5.95 Å². The fourth-order valence-electron chi connectivity index (χ4n) is 1.59. The van der Waals surface area contributed by atoms with Gasteiger partial charge >= 0.3 is 0 Å². The summed E-state index contributed by atoms with van der Waals surface area (Å²) >= 11 is 0. The van der Waals surface area contributed by atoms with E-state index in [0.29, 0.717) is 18.5 Å². The number of aromatic nitrogens is 5. The molecule has 2 rings (SSSR count). The van der Waals surface area contributed by atoms with E-state index in [4.69, 9.17) is 11.5 Å². The predicted molar refractivity (Wildman–Crippen MR) is 65.3 cm³/mol. The van der Waals surface area contributed by atoms with Crippen molar-refractivity contribution >= 4 is 11.9 Å². The smallest absolute Gasteiger partial charge is 0.241 e. The third-order valence-corrected chi connectivity index (χ3v) is 2.58. The van der Waals surface area contributed by atoms with Gasteiger partial charge < -0.3 is 11.5 Å². The highest BCUT2D eigenvalue weighted by Crippen LogP contribution is 2.13. The molecule has 92 valence electrons. The number of rotatable bonds is 3. The predicted octanol–water partition coefficient (Wildman–Crippen LogP) is 0.577. The number of anilines is 2. The quantitative estimate of drug-likeness (QED) is 0.810. The van der Waals surface area contributed by atoms with Gasteiger partial charge in [0.1, 0.15) is 0 Å². The fourth-order valence-corrected chi connectivity index (χ4v) is 1.59. The van der Waals surface area contributed by atoms with Crippen LogP contribution in [0.2, 0.25) is 0 Å². The third-order valence-electron chi connectivity index (χ3n) is 2.58. The van der Waals surface area contributed by atoms with Gasteiger partial charge in [0.05, 0.1) is 12.2 Å². The molecule has 4 N–H and O–H groups in total. The van der Waals surface area contributed by atoms with E-state index in [0.717, 1.165) is 11.3 Å². The van der Waals surface area contributed by atoms with E-state index in [1.54, 1.807) is 4.68 Å².